The van der Waals surface area contributed by atoms with Gasteiger partial charge in [-0.1, -0.05) is 37.8 Å². The number of anilines is 1. The van der Waals surface area contributed by atoms with Gasteiger partial charge in [-0.2, -0.15) is 13.2 Å². The Bertz CT molecular complexity index is 820. The van der Waals surface area contributed by atoms with Gasteiger partial charge in [0, 0.05) is 22.7 Å². The molecule has 142 valence electrons. The fourth-order valence-electron chi connectivity index (χ4n) is 3.24. The third-order valence-corrected chi connectivity index (χ3v) is 4.63. The molecule has 1 aromatic heterocycles. The van der Waals surface area contributed by atoms with Crippen molar-refractivity contribution in [3.63, 3.8) is 0 Å². The number of benzene rings is 1. The predicted molar refractivity (Wildman–Crippen MR) is 96.4 cm³/mol. The molecule has 0 aliphatic heterocycles. The van der Waals surface area contributed by atoms with E-state index in [-0.39, 0.29) is 12.0 Å². The molecule has 0 unspecified atom stereocenters. The van der Waals surface area contributed by atoms with Gasteiger partial charge in [-0.15, -0.1) is 0 Å². The van der Waals surface area contributed by atoms with Gasteiger partial charge < -0.3 is 5.32 Å². The van der Waals surface area contributed by atoms with Crippen molar-refractivity contribution in [3.8, 4) is 11.1 Å². The lowest BCUT2D eigenvalue weighted by molar-refractivity contribution is -0.137. The molecule has 1 aliphatic carbocycles. The number of nitrogens with one attached hydrogen (secondary N) is 1. The van der Waals surface area contributed by atoms with Crippen molar-refractivity contribution in [2.24, 2.45) is 5.11 Å². The summed E-state index contributed by atoms with van der Waals surface area (Å²) >= 11 is 0. The van der Waals surface area contributed by atoms with E-state index in [0.29, 0.717) is 16.9 Å². The van der Waals surface area contributed by atoms with Gasteiger partial charge in [0.05, 0.1) is 5.56 Å². The van der Waals surface area contributed by atoms with Crippen molar-refractivity contribution in [1.82, 2.24) is 9.97 Å². The lowest BCUT2D eigenvalue weighted by atomic mass is 10.0. The first-order valence-electron chi connectivity index (χ1n) is 8.83. The van der Waals surface area contributed by atoms with Crippen molar-refractivity contribution in [2.75, 3.05) is 5.32 Å². The number of hydrogen-bond acceptors (Lipinski definition) is 4. The molecule has 0 atom stereocenters. The SMILES string of the molecule is [N-]=[N+]=Nc1ncc(-c2ccc(C(F)(F)F)cc2)c(NC2CCCCCC2)n1. The van der Waals surface area contributed by atoms with Crippen molar-refractivity contribution >= 4 is 11.8 Å². The number of azide groups is 1. The van der Waals surface area contributed by atoms with Crippen LogP contribution < -0.4 is 5.32 Å². The largest absolute Gasteiger partial charge is 0.416 e. The average molecular weight is 376 g/mol. The molecule has 1 N–H and O–H groups in total. The van der Waals surface area contributed by atoms with E-state index in [4.69, 9.17) is 5.53 Å². The topological polar surface area (TPSA) is 86.6 Å². The molecule has 1 aromatic carbocycles. The molecule has 1 fully saturated rings. The van der Waals surface area contributed by atoms with Crippen LogP contribution in [0.15, 0.2) is 35.6 Å². The summed E-state index contributed by atoms with van der Waals surface area (Å²) in [5.41, 5.74) is 9.04. The summed E-state index contributed by atoms with van der Waals surface area (Å²) in [5, 5.41) is 6.80. The highest BCUT2D eigenvalue weighted by Crippen LogP contribution is 2.33. The highest BCUT2D eigenvalue weighted by atomic mass is 19.4. The smallest absolute Gasteiger partial charge is 0.367 e. The van der Waals surface area contributed by atoms with Gasteiger partial charge in [0.15, 0.2) is 0 Å². The fourth-order valence-corrected chi connectivity index (χ4v) is 3.24. The normalized spacial score (nSPS) is 15.7. The Morgan fingerprint density at radius 2 is 1.74 bits per heavy atom. The molecule has 0 saturated heterocycles. The molecule has 6 nitrogen and oxygen atoms in total. The molecule has 1 saturated carbocycles. The lowest BCUT2D eigenvalue weighted by Crippen LogP contribution is -2.19. The van der Waals surface area contributed by atoms with Crippen molar-refractivity contribution in [2.45, 2.75) is 50.7 Å². The minimum atomic E-state index is -4.39. The minimum absolute atomic E-state index is 0.0238. The van der Waals surface area contributed by atoms with Crippen LogP contribution >= 0.6 is 0 Å². The Labute approximate surface area is 154 Å². The number of nitrogens with zero attached hydrogens (tertiary/aromatic N) is 5. The number of aromatic nitrogens is 2. The number of hydrogen-bond donors (Lipinski definition) is 1. The highest BCUT2D eigenvalue weighted by Gasteiger charge is 2.30. The molecule has 1 heterocycles. The molecule has 27 heavy (non-hydrogen) atoms. The van der Waals surface area contributed by atoms with Crippen molar-refractivity contribution in [1.29, 1.82) is 0 Å². The third-order valence-electron chi connectivity index (χ3n) is 4.63. The maximum atomic E-state index is 12.8. The Balaban J connectivity index is 1.94. The standard InChI is InChI=1S/C18H19F3N6/c19-18(20,21)13-9-7-12(8-10-13)15-11-23-17(26-27-22)25-16(15)24-14-5-3-1-2-4-6-14/h7-11,14H,1-6H2,(H,23,24,25). The van der Waals surface area contributed by atoms with E-state index in [0.717, 1.165) is 37.8 Å². The second-order valence-electron chi connectivity index (χ2n) is 6.53. The van der Waals surface area contributed by atoms with Crippen LogP contribution in [-0.4, -0.2) is 16.0 Å². The van der Waals surface area contributed by atoms with Gasteiger partial charge in [-0.25, -0.2) is 9.97 Å². The summed E-state index contributed by atoms with van der Waals surface area (Å²) in [4.78, 5) is 11.0. The molecule has 0 radical (unpaired) electrons. The number of alkyl halides is 3. The molecule has 9 heteroatoms. The lowest BCUT2D eigenvalue weighted by Gasteiger charge is -2.19. The first-order chi connectivity index (χ1) is 13.0. The summed E-state index contributed by atoms with van der Waals surface area (Å²) < 4.78 is 38.4. The van der Waals surface area contributed by atoms with Gasteiger partial charge >= 0.3 is 6.18 Å². The van der Waals surface area contributed by atoms with Gasteiger partial charge in [0.2, 0.25) is 5.95 Å². The van der Waals surface area contributed by atoms with Crippen LogP contribution in [0.5, 0.6) is 0 Å². The Hall–Kier alpha value is -2.80. The van der Waals surface area contributed by atoms with E-state index in [2.05, 4.69) is 25.3 Å². The third kappa shape index (κ3) is 4.89. The second kappa shape index (κ2) is 8.26. The Morgan fingerprint density at radius 1 is 1.07 bits per heavy atom. The van der Waals surface area contributed by atoms with E-state index in [1.165, 1.54) is 31.2 Å². The maximum Gasteiger partial charge on any atom is 0.416 e. The number of halogens is 3. The quantitative estimate of drug-likeness (QED) is 0.296. The van der Waals surface area contributed by atoms with E-state index in [1.807, 2.05) is 0 Å². The number of rotatable bonds is 4. The Kier molecular flexibility index (Phi) is 5.81. The van der Waals surface area contributed by atoms with Crippen molar-refractivity contribution in [3.05, 3.63) is 46.5 Å². The minimum Gasteiger partial charge on any atom is -0.367 e. The van der Waals surface area contributed by atoms with Crippen molar-refractivity contribution < 1.29 is 13.2 Å². The first-order valence-corrected chi connectivity index (χ1v) is 8.83. The first kappa shape index (κ1) is 19.0. The zero-order chi connectivity index (χ0) is 19.3. The molecule has 0 amide bonds. The maximum absolute atomic E-state index is 12.8. The van der Waals surface area contributed by atoms with Crippen LogP contribution in [0.4, 0.5) is 24.9 Å². The second-order valence-corrected chi connectivity index (χ2v) is 6.53. The summed E-state index contributed by atoms with van der Waals surface area (Å²) in [6.45, 7) is 0. The molecule has 0 spiro atoms. The molecule has 3 rings (SSSR count). The summed E-state index contributed by atoms with van der Waals surface area (Å²) in [6, 6.07) is 5.08. The predicted octanol–water partition coefficient (Wildman–Crippen LogP) is 6.24. The van der Waals surface area contributed by atoms with Crippen LogP contribution in [-0.2, 0) is 6.18 Å². The Morgan fingerprint density at radius 3 is 2.33 bits per heavy atom. The van der Waals surface area contributed by atoms with Gasteiger partial charge in [0.1, 0.15) is 5.82 Å². The molecular weight excluding hydrogens is 357 g/mol. The monoisotopic (exact) mass is 376 g/mol. The van der Waals surface area contributed by atoms with Crippen LogP contribution in [0, 0.1) is 0 Å². The zero-order valence-electron chi connectivity index (χ0n) is 14.6. The molecule has 1 aliphatic rings. The molecule has 2 aromatic rings. The summed E-state index contributed by atoms with van der Waals surface area (Å²) in [7, 11) is 0. The van der Waals surface area contributed by atoms with Crippen LogP contribution in [0.1, 0.15) is 44.1 Å². The highest BCUT2D eigenvalue weighted by molar-refractivity contribution is 5.75. The van der Waals surface area contributed by atoms with Gasteiger partial charge in [-0.05, 0) is 41.2 Å². The summed E-state index contributed by atoms with van der Waals surface area (Å²) in [5.74, 6) is 0.448. The van der Waals surface area contributed by atoms with Crippen LogP contribution in [0.3, 0.4) is 0 Å². The van der Waals surface area contributed by atoms with Crippen LogP contribution in [0.25, 0.3) is 21.6 Å². The zero-order valence-corrected chi connectivity index (χ0v) is 14.6. The average Bonchev–Trinajstić information content (AvgIpc) is 2.90. The van der Waals surface area contributed by atoms with E-state index >= 15 is 0 Å². The van der Waals surface area contributed by atoms with E-state index < -0.39 is 11.7 Å². The molecule has 0 bridgehead atoms. The van der Waals surface area contributed by atoms with Crippen LogP contribution in [0.2, 0.25) is 0 Å². The fraction of sp³-hybridized carbons (Fsp3) is 0.444. The summed E-state index contributed by atoms with van der Waals surface area (Å²) in [6.07, 6.45) is 3.68. The van der Waals surface area contributed by atoms with E-state index in [9.17, 15) is 13.2 Å². The van der Waals surface area contributed by atoms with Gasteiger partial charge in [0.25, 0.3) is 0 Å². The molecular formula is C18H19F3N6. The van der Waals surface area contributed by atoms with E-state index in [1.54, 1.807) is 0 Å². The van der Waals surface area contributed by atoms with Gasteiger partial charge in [-0.3, -0.25) is 0 Å².